The fourth-order valence-corrected chi connectivity index (χ4v) is 2.56. The SMILES string of the molecule is CCNc1nnc(C2CC=CCC2C(=O)O)n1CC. The van der Waals surface area contributed by atoms with Gasteiger partial charge in [-0.15, -0.1) is 10.2 Å². The van der Waals surface area contributed by atoms with Gasteiger partial charge in [0.1, 0.15) is 5.82 Å². The molecule has 0 amide bonds. The summed E-state index contributed by atoms with van der Waals surface area (Å²) in [6, 6.07) is 0. The summed E-state index contributed by atoms with van der Waals surface area (Å²) in [7, 11) is 0. The number of anilines is 1. The van der Waals surface area contributed by atoms with E-state index in [9.17, 15) is 9.90 Å². The minimum Gasteiger partial charge on any atom is -0.481 e. The standard InChI is InChI=1S/C13H20N4O2/c1-3-14-13-16-15-11(17(13)4-2)9-7-5-6-8-10(9)12(18)19/h5-6,9-10H,3-4,7-8H2,1-2H3,(H,14,16)(H,18,19). The van der Waals surface area contributed by atoms with Crippen molar-refractivity contribution in [1.82, 2.24) is 14.8 Å². The molecule has 1 aromatic rings. The van der Waals surface area contributed by atoms with Gasteiger partial charge in [-0.2, -0.15) is 0 Å². The molecule has 1 aliphatic carbocycles. The molecule has 0 spiro atoms. The van der Waals surface area contributed by atoms with Crippen LogP contribution < -0.4 is 5.32 Å². The zero-order valence-electron chi connectivity index (χ0n) is 11.3. The average molecular weight is 264 g/mol. The van der Waals surface area contributed by atoms with Gasteiger partial charge in [-0.05, 0) is 26.7 Å². The van der Waals surface area contributed by atoms with E-state index in [0.29, 0.717) is 12.8 Å². The van der Waals surface area contributed by atoms with Gasteiger partial charge >= 0.3 is 5.97 Å². The van der Waals surface area contributed by atoms with E-state index in [2.05, 4.69) is 15.5 Å². The molecule has 2 unspecified atom stereocenters. The molecule has 0 bridgehead atoms. The third-order valence-electron chi connectivity index (χ3n) is 3.51. The maximum Gasteiger partial charge on any atom is 0.307 e. The van der Waals surface area contributed by atoms with E-state index in [1.165, 1.54) is 0 Å². The first kappa shape index (κ1) is 13.6. The van der Waals surface area contributed by atoms with Gasteiger partial charge in [-0.25, -0.2) is 0 Å². The Labute approximate surface area is 112 Å². The number of aliphatic carboxylic acids is 1. The molecule has 0 fully saturated rings. The minimum atomic E-state index is -0.759. The molecule has 6 heteroatoms. The van der Waals surface area contributed by atoms with Crippen molar-refractivity contribution in [3.63, 3.8) is 0 Å². The number of carboxylic acids is 1. The van der Waals surface area contributed by atoms with Crippen LogP contribution in [0.3, 0.4) is 0 Å². The summed E-state index contributed by atoms with van der Waals surface area (Å²) in [5, 5.41) is 20.8. The number of rotatable bonds is 5. The van der Waals surface area contributed by atoms with Crippen LogP contribution in [0, 0.1) is 5.92 Å². The van der Waals surface area contributed by atoms with E-state index in [0.717, 1.165) is 24.9 Å². The molecule has 1 aromatic heterocycles. The van der Waals surface area contributed by atoms with Gasteiger partial charge in [0.2, 0.25) is 5.95 Å². The predicted octanol–water partition coefficient (Wildman–Crippen LogP) is 1.86. The minimum absolute atomic E-state index is 0.0950. The fraction of sp³-hybridized carbons (Fsp3) is 0.615. The van der Waals surface area contributed by atoms with E-state index in [1.54, 1.807) is 0 Å². The molecular weight excluding hydrogens is 244 g/mol. The number of allylic oxidation sites excluding steroid dienone is 2. The highest BCUT2D eigenvalue weighted by Gasteiger charge is 2.33. The molecule has 0 aromatic carbocycles. The van der Waals surface area contributed by atoms with E-state index < -0.39 is 11.9 Å². The van der Waals surface area contributed by atoms with Crippen molar-refractivity contribution in [3.8, 4) is 0 Å². The quantitative estimate of drug-likeness (QED) is 0.793. The molecule has 0 saturated heterocycles. The van der Waals surface area contributed by atoms with Crippen molar-refractivity contribution in [3.05, 3.63) is 18.0 Å². The van der Waals surface area contributed by atoms with Crippen LogP contribution in [0.2, 0.25) is 0 Å². The van der Waals surface area contributed by atoms with E-state index in [4.69, 9.17) is 0 Å². The summed E-state index contributed by atoms with van der Waals surface area (Å²) in [6.45, 7) is 5.52. The second-order valence-electron chi connectivity index (χ2n) is 4.65. The van der Waals surface area contributed by atoms with Gasteiger partial charge in [0.25, 0.3) is 0 Å². The number of carbonyl (C=O) groups is 1. The fourth-order valence-electron chi connectivity index (χ4n) is 2.56. The van der Waals surface area contributed by atoms with Crippen molar-refractivity contribution in [2.24, 2.45) is 5.92 Å². The Morgan fingerprint density at radius 2 is 2.16 bits per heavy atom. The molecule has 0 saturated carbocycles. The van der Waals surface area contributed by atoms with Crippen LogP contribution in [-0.4, -0.2) is 32.4 Å². The summed E-state index contributed by atoms with van der Waals surface area (Å²) < 4.78 is 1.98. The van der Waals surface area contributed by atoms with Gasteiger partial charge in [0.15, 0.2) is 0 Å². The molecule has 0 aliphatic heterocycles. The monoisotopic (exact) mass is 264 g/mol. The highest BCUT2D eigenvalue weighted by atomic mass is 16.4. The molecule has 104 valence electrons. The van der Waals surface area contributed by atoms with Crippen LogP contribution in [0.25, 0.3) is 0 Å². The first-order valence-electron chi connectivity index (χ1n) is 6.73. The van der Waals surface area contributed by atoms with Crippen LogP contribution in [-0.2, 0) is 11.3 Å². The van der Waals surface area contributed by atoms with Crippen LogP contribution in [0.5, 0.6) is 0 Å². The van der Waals surface area contributed by atoms with Crippen LogP contribution in [0.1, 0.15) is 38.4 Å². The second kappa shape index (κ2) is 5.86. The summed E-state index contributed by atoms with van der Waals surface area (Å²) in [4.78, 5) is 11.4. The van der Waals surface area contributed by atoms with Crippen LogP contribution in [0.4, 0.5) is 5.95 Å². The third-order valence-corrected chi connectivity index (χ3v) is 3.51. The van der Waals surface area contributed by atoms with Gasteiger partial charge in [0.05, 0.1) is 5.92 Å². The highest BCUT2D eigenvalue weighted by Crippen LogP contribution is 2.34. The lowest BCUT2D eigenvalue weighted by atomic mass is 9.82. The number of nitrogens with one attached hydrogen (secondary N) is 1. The number of hydrogen-bond acceptors (Lipinski definition) is 4. The van der Waals surface area contributed by atoms with Crippen molar-refractivity contribution in [2.75, 3.05) is 11.9 Å². The number of carboxylic acid groups (broad SMARTS) is 1. The van der Waals surface area contributed by atoms with Gasteiger partial charge < -0.3 is 10.4 Å². The van der Waals surface area contributed by atoms with Gasteiger partial charge in [0, 0.05) is 19.0 Å². The largest absolute Gasteiger partial charge is 0.481 e. The summed E-state index contributed by atoms with van der Waals surface area (Å²) in [6.07, 6.45) is 5.24. The van der Waals surface area contributed by atoms with Gasteiger partial charge in [-0.3, -0.25) is 9.36 Å². The van der Waals surface area contributed by atoms with Crippen molar-refractivity contribution in [2.45, 2.75) is 39.2 Å². The molecule has 1 heterocycles. The Kier molecular flexibility index (Phi) is 4.19. The lowest BCUT2D eigenvalue weighted by Crippen LogP contribution is -2.26. The number of nitrogens with zero attached hydrogens (tertiary/aromatic N) is 3. The first-order valence-corrected chi connectivity index (χ1v) is 6.73. The summed E-state index contributed by atoms with van der Waals surface area (Å²) in [5.41, 5.74) is 0. The molecule has 6 nitrogen and oxygen atoms in total. The number of aromatic nitrogens is 3. The second-order valence-corrected chi connectivity index (χ2v) is 4.65. The third kappa shape index (κ3) is 2.62. The maximum atomic E-state index is 11.4. The van der Waals surface area contributed by atoms with Gasteiger partial charge in [-0.1, -0.05) is 12.2 Å². The van der Waals surface area contributed by atoms with E-state index in [1.807, 2.05) is 30.6 Å². The van der Waals surface area contributed by atoms with Crippen LogP contribution in [0.15, 0.2) is 12.2 Å². The van der Waals surface area contributed by atoms with E-state index >= 15 is 0 Å². The lowest BCUT2D eigenvalue weighted by molar-refractivity contribution is -0.142. The van der Waals surface area contributed by atoms with E-state index in [-0.39, 0.29) is 5.92 Å². The molecule has 0 radical (unpaired) electrons. The topological polar surface area (TPSA) is 80.0 Å². The van der Waals surface area contributed by atoms with Crippen molar-refractivity contribution >= 4 is 11.9 Å². The first-order chi connectivity index (χ1) is 9.19. The average Bonchev–Trinajstić information content (AvgIpc) is 2.82. The molecule has 1 aliphatic rings. The Hall–Kier alpha value is -1.85. The molecule has 2 N–H and O–H groups in total. The zero-order chi connectivity index (χ0) is 13.8. The highest BCUT2D eigenvalue weighted by molar-refractivity contribution is 5.71. The Morgan fingerprint density at radius 1 is 1.42 bits per heavy atom. The molecule has 19 heavy (non-hydrogen) atoms. The predicted molar refractivity (Wildman–Crippen MR) is 72.1 cm³/mol. The zero-order valence-corrected chi connectivity index (χ0v) is 11.3. The molecular formula is C13H20N4O2. The molecule has 2 rings (SSSR count). The summed E-state index contributed by atoms with van der Waals surface area (Å²) >= 11 is 0. The van der Waals surface area contributed by atoms with Crippen LogP contribution >= 0.6 is 0 Å². The maximum absolute atomic E-state index is 11.4. The van der Waals surface area contributed by atoms with Crippen molar-refractivity contribution in [1.29, 1.82) is 0 Å². The smallest absolute Gasteiger partial charge is 0.307 e. The lowest BCUT2D eigenvalue weighted by Gasteiger charge is -2.24. The Morgan fingerprint density at radius 3 is 2.79 bits per heavy atom. The Bertz CT molecular complexity index is 481. The number of hydrogen-bond donors (Lipinski definition) is 2. The normalized spacial score (nSPS) is 22.4. The van der Waals surface area contributed by atoms with Crippen molar-refractivity contribution < 1.29 is 9.90 Å². The Balaban J connectivity index is 2.34. The summed E-state index contributed by atoms with van der Waals surface area (Å²) in [5.74, 6) is 0.232. The molecule has 2 atom stereocenters.